The fourth-order valence-electron chi connectivity index (χ4n) is 2.15. The van der Waals surface area contributed by atoms with Crippen molar-refractivity contribution in [3.63, 3.8) is 0 Å². The summed E-state index contributed by atoms with van der Waals surface area (Å²) >= 11 is 0. The van der Waals surface area contributed by atoms with Crippen LogP contribution in [0.4, 0.5) is 0 Å². The number of hydrogen-bond acceptors (Lipinski definition) is 3. The molecular formula is C16H21N3O2. The zero-order valence-corrected chi connectivity index (χ0v) is 12.7. The number of ether oxygens (including phenoxy) is 1. The lowest BCUT2D eigenvalue weighted by Crippen LogP contribution is -2.24. The van der Waals surface area contributed by atoms with Crippen LogP contribution >= 0.6 is 0 Å². The summed E-state index contributed by atoms with van der Waals surface area (Å²) < 4.78 is 7.19. The summed E-state index contributed by atoms with van der Waals surface area (Å²) in [5, 5.41) is 0. The molecule has 0 saturated carbocycles. The van der Waals surface area contributed by atoms with E-state index in [1.807, 2.05) is 32.2 Å². The number of imidazole rings is 1. The quantitative estimate of drug-likeness (QED) is 0.888. The van der Waals surface area contributed by atoms with Gasteiger partial charge in [0.05, 0.1) is 17.9 Å². The minimum Gasteiger partial charge on any atom is -0.493 e. The van der Waals surface area contributed by atoms with Crippen LogP contribution in [0.2, 0.25) is 0 Å². The van der Waals surface area contributed by atoms with Gasteiger partial charge in [-0.2, -0.15) is 0 Å². The molecule has 0 unspecified atom stereocenters. The molecule has 2 rings (SSSR count). The summed E-state index contributed by atoms with van der Waals surface area (Å²) in [4.78, 5) is 16.9. The average Bonchev–Trinajstić information content (AvgIpc) is 2.80. The summed E-state index contributed by atoms with van der Waals surface area (Å²) in [5.41, 5.74) is 4.27. The third-order valence-corrected chi connectivity index (χ3v) is 3.03. The molecule has 21 heavy (non-hydrogen) atoms. The number of aryl methyl sites for hydroxylation is 2. The first-order chi connectivity index (χ1) is 10.2. The zero-order valence-electron chi connectivity index (χ0n) is 12.7. The molecule has 0 aliphatic carbocycles. The number of amides is 1. The summed E-state index contributed by atoms with van der Waals surface area (Å²) in [6.45, 7) is 6.42. The van der Waals surface area contributed by atoms with Gasteiger partial charge in [-0.05, 0) is 32.4 Å². The molecule has 2 aromatic rings. The number of carbonyl (C=O) groups is 1. The fraction of sp³-hybridized carbons (Fsp3) is 0.375. The zero-order chi connectivity index (χ0) is 15.2. The molecule has 0 aliphatic rings. The van der Waals surface area contributed by atoms with E-state index in [9.17, 15) is 4.79 Å². The Kier molecular flexibility index (Phi) is 4.98. The molecule has 0 fully saturated rings. The highest BCUT2D eigenvalue weighted by molar-refractivity contribution is 6.02. The Labute approximate surface area is 124 Å². The van der Waals surface area contributed by atoms with E-state index >= 15 is 0 Å². The van der Waals surface area contributed by atoms with Crippen LogP contribution < -0.4 is 10.2 Å². The van der Waals surface area contributed by atoms with Gasteiger partial charge in [0.15, 0.2) is 0 Å². The van der Waals surface area contributed by atoms with Gasteiger partial charge in [-0.3, -0.25) is 10.2 Å². The number of nitrogens with one attached hydrogen (secondary N) is 1. The fourth-order valence-corrected chi connectivity index (χ4v) is 2.15. The Morgan fingerprint density at radius 2 is 2.10 bits per heavy atom. The van der Waals surface area contributed by atoms with Crippen molar-refractivity contribution >= 4 is 5.91 Å². The van der Waals surface area contributed by atoms with Crippen molar-refractivity contribution in [2.75, 3.05) is 12.0 Å². The molecule has 5 heteroatoms. The standard InChI is InChI=1S/C16H21N3O2/c1-4-8-15-17-12(3)11-19(15)18-16(20)13-9-6-7-10-14(13)21-5-2/h6-7,9-11H,4-5,8H2,1-3H3,(H,18,20). The monoisotopic (exact) mass is 287 g/mol. The summed E-state index contributed by atoms with van der Waals surface area (Å²) in [5.74, 6) is 1.25. The Balaban J connectivity index is 2.22. The second-order valence-corrected chi connectivity index (χ2v) is 4.79. The van der Waals surface area contributed by atoms with Crippen LogP contribution in [0.5, 0.6) is 5.75 Å². The second kappa shape index (κ2) is 6.92. The first-order valence-corrected chi connectivity index (χ1v) is 7.23. The highest BCUT2D eigenvalue weighted by atomic mass is 16.5. The minimum atomic E-state index is -0.200. The summed E-state index contributed by atoms with van der Waals surface area (Å²) in [6, 6.07) is 7.23. The van der Waals surface area contributed by atoms with Crippen LogP contribution in [0.3, 0.4) is 0 Å². The van der Waals surface area contributed by atoms with Gasteiger partial charge in [0.2, 0.25) is 0 Å². The molecule has 1 N–H and O–H groups in total. The lowest BCUT2D eigenvalue weighted by molar-refractivity contribution is 0.100. The predicted molar refractivity (Wildman–Crippen MR) is 82.3 cm³/mol. The topological polar surface area (TPSA) is 56.2 Å². The van der Waals surface area contributed by atoms with Crippen LogP contribution in [-0.2, 0) is 6.42 Å². The van der Waals surface area contributed by atoms with E-state index in [1.165, 1.54) is 0 Å². The Bertz CT molecular complexity index is 620. The van der Waals surface area contributed by atoms with Crippen molar-refractivity contribution < 1.29 is 9.53 Å². The second-order valence-electron chi connectivity index (χ2n) is 4.79. The smallest absolute Gasteiger partial charge is 0.273 e. The largest absolute Gasteiger partial charge is 0.493 e. The van der Waals surface area contributed by atoms with E-state index in [1.54, 1.807) is 16.8 Å². The van der Waals surface area contributed by atoms with Crippen LogP contribution in [0, 0.1) is 6.92 Å². The van der Waals surface area contributed by atoms with Crippen LogP contribution in [0.1, 0.15) is 42.1 Å². The van der Waals surface area contributed by atoms with Gasteiger partial charge < -0.3 is 4.74 Å². The molecule has 1 heterocycles. The maximum Gasteiger partial charge on any atom is 0.273 e. The van der Waals surface area contributed by atoms with Crippen molar-refractivity contribution in [1.29, 1.82) is 0 Å². The van der Waals surface area contributed by atoms with Gasteiger partial charge in [0.1, 0.15) is 11.6 Å². The molecule has 0 spiro atoms. The summed E-state index contributed by atoms with van der Waals surface area (Å²) in [7, 11) is 0. The van der Waals surface area contributed by atoms with Gasteiger partial charge >= 0.3 is 0 Å². The number of para-hydroxylation sites is 1. The van der Waals surface area contributed by atoms with Crippen LogP contribution in [0.25, 0.3) is 0 Å². The van der Waals surface area contributed by atoms with Crippen molar-refractivity contribution in [3.8, 4) is 5.75 Å². The normalized spacial score (nSPS) is 10.4. The van der Waals surface area contributed by atoms with Gasteiger partial charge in [-0.1, -0.05) is 19.1 Å². The maximum absolute atomic E-state index is 12.4. The highest BCUT2D eigenvalue weighted by Gasteiger charge is 2.14. The van der Waals surface area contributed by atoms with Crippen LogP contribution in [0.15, 0.2) is 30.5 Å². The highest BCUT2D eigenvalue weighted by Crippen LogP contribution is 2.18. The molecule has 1 amide bonds. The number of hydrogen-bond donors (Lipinski definition) is 1. The van der Waals surface area contributed by atoms with Gasteiger partial charge in [-0.25, -0.2) is 9.66 Å². The number of rotatable bonds is 6. The van der Waals surface area contributed by atoms with Crippen molar-refractivity contribution in [1.82, 2.24) is 9.66 Å². The molecular weight excluding hydrogens is 266 g/mol. The first-order valence-electron chi connectivity index (χ1n) is 7.23. The van der Waals surface area contributed by atoms with Crippen molar-refractivity contribution in [2.24, 2.45) is 0 Å². The molecule has 0 saturated heterocycles. The van der Waals surface area contributed by atoms with Gasteiger partial charge in [0, 0.05) is 12.6 Å². The molecule has 0 atom stereocenters. The molecule has 0 radical (unpaired) electrons. The molecule has 5 nitrogen and oxygen atoms in total. The minimum absolute atomic E-state index is 0.200. The Morgan fingerprint density at radius 1 is 1.33 bits per heavy atom. The molecule has 112 valence electrons. The lowest BCUT2D eigenvalue weighted by atomic mass is 10.2. The Morgan fingerprint density at radius 3 is 2.81 bits per heavy atom. The Hall–Kier alpha value is -2.30. The summed E-state index contributed by atoms with van der Waals surface area (Å²) in [6.07, 6.45) is 3.62. The number of benzene rings is 1. The van der Waals surface area contributed by atoms with Gasteiger partial charge in [0.25, 0.3) is 5.91 Å². The molecule has 1 aromatic carbocycles. The number of aromatic nitrogens is 2. The molecule has 0 aliphatic heterocycles. The van der Waals surface area contributed by atoms with Crippen molar-refractivity contribution in [3.05, 3.63) is 47.5 Å². The molecule has 0 bridgehead atoms. The van der Waals surface area contributed by atoms with E-state index in [2.05, 4.69) is 17.3 Å². The van der Waals surface area contributed by atoms with E-state index in [0.717, 1.165) is 24.4 Å². The average molecular weight is 287 g/mol. The molecule has 1 aromatic heterocycles. The maximum atomic E-state index is 12.4. The lowest BCUT2D eigenvalue weighted by Gasteiger charge is -2.12. The van der Waals surface area contributed by atoms with Crippen molar-refractivity contribution in [2.45, 2.75) is 33.6 Å². The third-order valence-electron chi connectivity index (χ3n) is 3.03. The SMILES string of the molecule is CCCc1nc(C)cn1NC(=O)c1ccccc1OCC. The number of carbonyl (C=O) groups excluding carboxylic acids is 1. The third kappa shape index (κ3) is 3.62. The van der Waals surface area contributed by atoms with Crippen LogP contribution in [-0.4, -0.2) is 22.2 Å². The number of nitrogens with zero attached hydrogens (tertiary/aromatic N) is 2. The first kappa shape index (κ1) is 15.1. The predicted octanol–water partition coefficient (Wildman–Crippen LogP) is 2.93. The van der Waals surface area contributed by atoms with E-state index in [0.29, 0.717) is 17.9 Å². The van der Waals surface area contributed by atoms with E-state index < -0.39 is 0 Å². The van der Waals surface area contributed by atoms with Gasteiger partial charge in [-0.15, -0.1) is 0 Å². The van der Waals surface area contributed by atoms with E-state index in [-0.39, 0.29) is 5.91 Å². The van der Waals surface area contributed by atoms with E-state index in [4.69, 9.17) is 4.74 Å².